The second-order valence-corrected chi connectivity index (χ2v) is 9.25. The van der Waals surface area contributed by atoms with Gasteiger partial charge in [-0.3, -0.25) is 9.59 Å². The molecule has 0 radical (unpaired) electrons. The number of hydrogen-bond donors (Lipinski definition) is 2. The first-order chi connectivity index (χ1) is 15.9. The van der Waals surface area contributed by atoms with E-state index in [4.69, 9.17) is 10.00 Å². The number of nitrogens with zero attached hydrogens (tertiary/aromatic N) is 2. The summed E-state index contributed by atoms with van der Waals surface area (Å²) >= 11 is 0. The van der Waals surface area contributed by atoms with Crippen LogP contribution in [0.4, 0.5) is 0 Å². The molecule has 9 nitrogen and oxygen atoms in total. The summed E-state index contributed by atoms with van der Waals surface area (Å²) in [5.74, 6) is -0.635. The predicted octanol–water partition coefficient (Wildman–Crippen LogP) is 0.813. The number of hydrogen-bond acceptors (Lipinski definition) is 6. The zero-order chi connectivity index (χ0) is 23.7. The van der Waals surface area contributed by atoms with E-state index in [0.717, 1.165) is 5.56 Å². The van der Waals surface area contributed by atoms with Gasteiger partial charge in [0.05, 0.1) is 29.7 Å². The summed E-state index contributed by atoms with van der Waals surface area (Å²) in [7, 11) is -4.05. The molecule has 3 rings (SSSR count). The molecule has 1 aliphatic heterocycles. The third kappa shape index (κ3) is 7.12. The van der Waals surface area contributed by atoms with Gasteiger partial charge in [-0.15, -0.1) is 0 Å². The Morgan fingerprint density at radius 1 is 1.12 bits per heavy atom. The summed E-state index contributed by atoms with van der Waals surface area (Å²) < 4.78 is 34.1. The second kappa shape index (κ2) is 11.6. The highest BCUT2D eigenvalue weighted by atomic mass is 32.2. The molecule has 0 spiro atoms. The third-order valence-corrected chi connectivity index (χ3v) is 6.65. The average molecular weight is 471 g/mol. The Kier molecular flexibility index (Phi) is 8.54. The van der Waals surface area contributed by atoms with Crippen molar-refractivity contribution in [2.45, 2.75) is 23.8 Å². The number of rotatable bonds is 6. The molecule has 1 aliphatic rings. The van der Waals surface area contributed by atoms with Crippen molar-refractivity contribution in [3.05, 3.63) is 65.7 Å². The van der Waals surface area contributed by atoms with Crippen molar-refractivity contribution in [2.75, 3.05) is 32.8 Å². The number of sulfonamides is 1. The molecule has 33 heavy (non-hydrogen) atoms. The molecular weight excluding hydrogens is 444 g/mol. The molecule has 0 aliphatic carbocycles. The Morgan fingerprint density at radius 3 is 2.55 bits per heavy atom. The van der Waals surface area contributed by atoms with Crippen molar-refractivity contribution in [1.29, 1.82) is 5.26 Å². The first-order valence-corrected chi connectivity index (χ1v) is 12.1. The van der Waals surface area contributed by atoms with Crippen molar-refractivity contribution in [2.24, 2.45) is 0 Å². The fraction of sp³-hybridized carbons (Fsp3) is 0.348. The van der Waals surface area contributed by atoms with Crippen molar-refractivity contribution >= 4 is 21.8 Å². The minimum absolute atomic E-state index is 0.0453. The molecule has 2 N–H and O–H groups in total. The SMILES string of the molecule is N#Cc1ccc(S(=O)(=O)NC(Cc2ccccc2)C(=O)N2CCOCCNC(=O)CC2)cc1. The number of carbonyl (C=O) groups is 2. The Bertz CT molecular complexity index is 1100. The topological polar surface area (TPSA) is 129 Å². The fourth-order valence-corrected chi connectivity index (χ4v) is 4.60. The summed E-state index contributed by atoms with van der Waals surface area (Å²) in [6.45, 7) is 1.43. The summed E-state index contributed by atoms with van der Waals surface area (Å²) in [6.07, 6.45) is 0.255. The maximum atomic E-state index is 13.5. The van der Waals surface area contributed by atoms with Gasteiger partial charge in [0.1, 0.15) is 6.04 Å². The molecule has 10 heteroatoms. The van der Waals surface area contributed by atoms with Crippen LogP contribution in [0.1, 0.15) is 17.5 Å². The highest BCUT2D eigenvalue weighted by Crippen LogP contribution is 2.14. The second-order valence-electron chi connectivity index (χ2n) is 7.54. The van der Waals surface area contributed by atoms with Gasteiger partial charge in [-0.2, -0.15) is 9.98 Å². The summed E-state index contributed by atoms with van der Waals surface area (Å²) in [5, 5.41) is 11.7. The predicted molar refractivity (Wildman–Crippen MR) is 120 cm³/mol. The molecule has 1 heterocycles. The number of ether oxygens (including phenoxy) is 1. The van der Waals surface area contributed by atoms with Crippen LogP contribution in [0.15, 0.2) is 59.5 Å². The van der Waals surface area contributed by atoms with Crippen LogP contribution in [0.25, 0.3) is 0 Å². The molecule has 1 saturated heterocycles. The van der Waals surface area contributed by atoms with Crippen molar-refractivity contribution in [3.8, 4) is 6.07 Å². The quantitative estimate of drug-likeness (QED) is 0.643. The van der Waals surface area contributed by atoms with Crippen LogP contribution in [-0.2, 0) is 30.8 Å². The van der Waals surface area contributed by atoms with Crippen molar-refractivity contribution < 1.29 is 22.7 Å². The molecular formula is C23H26N4O5S. The largest absolute Gasteiger partial charge is 0.378 e. The molecule has 0 bridgehead atoms. The summed E-state index contributed by atoms with van der Waals surface area (Å²) in [4.78, 5) is 26.8. The lowest BCUT2D eigenvalue weighted by molar-refractivity contribution is -0.134. The molecule has 2 amide bonds. The fourth-order valence-electron chi connectivity index (χ4n) is 3.41. The van der Waals surface area contributed by atoms with Crippen molar-refractivity contribution in [3.63, 3.8) is 0 Å². The number of amides is 2. The van der Waals surface area contributed by atoms with E-state index in [1.165, 1.54) is 29.2 Å². The van der Waals surface area contributed by atoms with Gasteiger partial charge in [0, 0.05) is 26.1 Å². The van der Waals surface area contributed by atoms with Gasteiger partial charge in [0.2, 0.25) is 21.8 Å². The molecule has 2 aromatic carbocycles. The van der Waals surface area contributed by atoms with Crippen LogP contribution >= 0.6 is 0 Å². The van der Waals surface area contributed by atoms with Crippen LogP contribution in [0, 0.1) is 11.3 Å². The molecule has 2 aromatic rings. The van der Waals surface area contributed by atoms with Crippen LogP contribution in [-0.4, -0.2) is 64.0 Å². The number of nitrogens with one attached hydrogen (secondary N) is 2. The molecule has 174 valence electrons. The molecule has 0 saturated carbocycles. The van der Waals surface area contributed by atoms with E-state index < -0.39 is 22.0 Å². The van der Waals surface area contributed by atoms with Crippen LogP contribution in [0.5, 0.6) is 0 Å². The normalized spacial score (nSPS) is 16.3. The van der Waals surface area contributed by atoms with Crippen molar-refractivity contribution in [1.82, 2.24) is 14.9 Å². The van der Waals surface area contributed by atoms with E-state index in [1.54, 1.807) is 0 Å². The van der Waals surface area contributed by atoms with Crippen LogP contribution in [0.2, 0.25) is 0 Å². The highest BCUT2D eigenvalue weighted by molar-refractivity contribution is 7.89. The van der Waals surface area contributed by atoms with E-state index in [1.807, 2.05) is 36.4 Å². The Hall–Kier alpha value is -3.26. The first-order valence-electron chi connectivity index (χ1n) is 10.6. The smallest absolute Gasteiger partial charge is 0.241 e. The minimum Gasteiger partial charge on any atom is -0.378 e. The third-order valence-electron chi connectivity index (χ3n) is 5.17. The lowest BCUT2D eigenvalue weighted by atomic mass is 10.1. The van der Waals surface area contributed by atoms with E-state index in [-0.39, 0.29) is 43.3 Å². The van der Waals surface area contributed by atoms with Gasteiger partial charge in [-0.1, -0.05) is 30.3 Å². The maximum absolute atomic E-state index is 13.5. The van der Waals surface area contributed by atoms with E-state index in [9.17, 15) is 18.0 Å². The van der Waals surface area contributed by atoms with Gasteiger partial charge in [0.25, 0.3) is 0 Å². The molecule has 0 aromatic heterocycles. The Balaban J connectivity index is 1.85. The molecule has 1 atom stereocenters. The maximum Gasteiger partial charge on any atom is 0.241 e. The zero-order valence-corrected chi connectivity index (χ0v) is 18.9. The average Bonchev–Trinajstić information content (AvgIpc) is 2.83. The number of benzene rings is 2. The van der Waals surface area contributed by atoms with Gasteiger partial charge >= 0.3 is 0 Å². The summed E-state index contributed by atoms with van der Waals surface area (Å²) in [5.41, 5.74) is 1.12. The number of carbonyl (C=O) groups excluding carboxylic acids is 2. The lowest BCUT2D eigenvalue weighted by Gasteiger charge is -2.28. The molecule has 1 fully saturated rings. The molecule has 1 unspecified atom stereocenters. The first kappa shape index (κ1) is 24.4. The standard InChI is InChI=1S/C23H26N4O5S/c24-17-19-6-8-20(9-7-19)33(30,31)26-21(16-18-4-2-1-3-5-18)23(29)27-12-10-22(28)25-11-14-32-15-13-27/h1-9,21,26H,10-16H2,(H,25,28). The number of nitriles is 1. The van der Waals surface area contributed by atoms with Gasteiger partial charge in [-0.25, -0.2) is 8.42 Å². The lowest BCUT2D eigenvalue weighted by Crippen LogP contribution is -2.51. The van der Waals surface area contributed by atoms with Crippen LogP contribution in [0.3, 0.4) is 0 Å². The zero-order valence-electron chi connectivity index (χ0n) is 18.1. The minimum atomic E-state index is -4.05. The Morgan fingerprint density at radius 2 is 1.85 bits per heavy atom. The summed E-state index contributed by atoms with van der Waals surface area (Å²) in [6, 6.07) is 15.4. The van der Waals surface area contributed by atoms with Gasteiger partial charge < -0.3 is 15.0 Å². The van der Waals surface area contributed by atoms with Gasteiger partial charge in [-0.05, 0) is 36.2 Å². The van der Waals surface area contributed by atoms with Gasteiger partial charge in [0.15, 0.2) is 0 Å². The monoisotopic (exact) mass is 470 g/mol. The van der Waals surface area contributed by atoms with Crippen LogP contribution < -0.4 is 10.0 Å². The highest BCUT2D eigenvalue weighted by Gasteiger charge is 2.30. The van der Waals surface area contributed by atoms with E-state index in [2.05, 4.69) is 10.0 Å². The Labute approximate surface area is 193 Å². The van der Waals surface area contributed by atoms with E-state index in [0.29, 0.717) is 18.7 Å². The van der Waals surface area contributed by atoms with E-state index >= 15 is 0 Å².